The van der Waals surface area contributed by atoms with E-state index >= 15 is 0 Å². The lowest BCUT2D eigenvalue weighted by Gasteiger charge is -2.24. The summed E-state index contributed by atoms with van der Waals surface area (Å²) in [5, 5.41) is 3.28. The van der Waals surface area contributed by atoms with E-state index in [2.05, 4.69) is 10.3 Å². The molecule has 1 N–H and O–H groups in total. The summed E-state index contributed by atoms with van der Waals surface area (Å²) in [6.45, 7) is 6.01. The predicted octanol–water partition coefficient (Wildman–Crippen LogP) is 1.93. The molecular formula is C13H20N2O2. The van der Waals surface area contributed by atoms with Gasteiger partial charge in [-0.15, -0.1) is 0 Å². The Morgan fingerprint density at radius 1 is 1.29 bits per heavy atom. The summed E-state index contributed by atoms with van der Waals surface area (Å²) in [5.74, 6) is -0.0346. The Bertz CT molecular complexity index is 352. The number of methoxy groups -OCH3 is 1. The predicted molar refractivity (Wildman–Crippen MR) is 66.4 cm³/mol. The van der Waals surface area contributed by atoms with Crippen LogP contribution in [0.25, 0.3) is 0 Å². The summed E-state index contributed by atoms with van der Waals surface area (Å²) in [7, 11) is 1.41. The number of hydrogen-bond donors (Lipinski definition) is 1. The minimum atomic E-state index is -0.289. The summed E-state index contributed by atoms with van der Waals surface area (Å²) in [4.78, 5) is 15.6. The Hall–Kier alpha value is -1.42. The number of esters is 1. The topological polar surface area (TPSA) is 51.2 Å². The Morgan fingerprint density at radius 2 is 1.88 bits per heavy atom. The van der Waals surface area contributed by atoms with Crippen LogP contribution >= 0.6 is 0 Å². The molecule has 0 aliphatic carbocycles. The number of ether oxygens (including phenoxy) is 1. The molecular weight excluding hydrogens is 216 g/mol. The molecule has 4 heteroatoms. The standard InChI is InChI=1S/C13H20N2O2/c1-9(2)12(13(16)17-4)15-10(3)11-5-7-14-8-6-11/h5-10,12,15H,1-4H3. The number of nitrogens with zero attached hydrogens (tertiary/aromatic N) is 1. The zero-order chi connectivity index (χ0) is 12.8. The van der Waals surface area contributed by atoms with Crippen LogP contribution in [0, 0.1) is 5.92 Å². The van der Waals surface area contributed by atoms with Crippen molar-refractivity contribution in [3.8, 4) is 0 Å². The van der Waals surface area contributed by atoms with E-state index in [0.29, 0.717) is 0 Å². The molecule has 2 atom stereocenters. The van der Waals surface area contributed by atoms with Gasteiger partial charge < -0.3 is 4.74 Å². The number of nitrogens with one attached hydrogen (secondary N) is 1. The lowest BCUT2D eigenvalue weighted by atomic mass is 10.0. The number of carbonyl (C=O) groups is 1. The molecule has 0 spiro atoms. The summed E-state index contributed by atoms with van der Waals surface area (Å²) in [6.07, 6.45) is 3.49. The molecule has 0 saturated carbocycles. The molecule has 4 nitrogen and oxygen atoms in total. The van der Waals surface area contributed by atoms with Crippen LogP contribution in [0.4, 0.5) is 0 Å². The Kier molecular flexibility index (Phi) is 5.10. The van der Waals surface area contributed by atoms with Crippen LogP contribution in [0.15, 0.2) is 24.5 Å². The fourth-order valence-electron chi connectivity index (χ4n) is 1.68. The van der Waals surface area contributed by atoms with Crippen LogP contribution in [-0.2, 0) is 9.53 Å². The lowest BCUT2D eigenvalue weighted by molar-refractivity contribution is -0.144. The maximum atomic E-state index is 11.6. The van der Waals surface area contributed by atoms with Gasteiger partial charge in [0.1, 0.15) is 6.04 Å². The summed E-state index contributed by atoms with van der Waals surface area (Å²) >= 11 is 0. The quantitative estimate of drug-likeness (QED) is 0.794. The van der Waals surface area contributed by atoms with Gasteiger partial charge in [0, 0.05) is 18.4 Å². The first-order chi connectivity index (χ1) is 8.06. The number of aromatic nitrogens is 1. The van der Waals surface area contributed by atoms with Crippen LogP contribution in [-0.4, -0.2) is 24.1 Å². The van der Waals surface area contributed by atoms with Crippen LogP contribution in [0.5, 0.6) is 0 Å². The molecule has 0 aromatic carbocycles. The first kappa shape index (κ1) is 13.6. The van der Waals surface area contributed by atoms with Crippen molar-refractivity contribution in [3.05, 3.63) is 30.1 Å². The highest BCUT2D eigenvalue weighted by atomic mass is 16.5. The minimum Gasteiger partial charge on any atom is -0.468 e. The first-order valence-corrected chi connectivity index (χ1v) is 5.80. The Balaban J connectivity index is 2.71. The van der Waals surface area contributed by atoms with Crippen molar-refractivity contribution in [1.82, 2.24) is 10.3 Å². The highest BCUT2D eigenvalue weighted by Crippen LogP contribution is 2.14. The van der Waals surface area contributed by atoms with Crippen molar-refractivity contribution in [2.45, 2.75) is 32.9 Å². The van der Waals surface area contributed by atoms with Gasteiger partial charge in [-0.1, -0.05) is 13.8 Å². The fraction of sp³-hybridized carbons (Fsp3) is 0.538. The second-order valence-corrected chi connectivity index (χ2v) is 4.41. The van der Waals surface area contributed by atoms with Gasteiger partial charge in [0.25, 0.3) is 0 Å². The average Bonchev–Trinajstić information content (AvgIpc) is 2.35. The molecule has 0 aliphatic rings. The minimum absolute atomic E-state index is 0.0875. The first-order valence-electron chi connectivity index (χ1n) is 5.80. The Morgan fingerprint density at radius 3 is 2.35 bits per heavy atom. The molecule has 0 bridgehead atoms. The van der Waals surface area contributed by atoms with E-state index < -0.39 is 0 Å². The van der Waals surface area contributed by atoms with Gasteiger partial charge in [-0.3, -0.25) is 15.1 Å². The van der Waals surface area contributed by atoms with Crippen LogP contribution in [0.2, 0.25) is 0 Å². The number of pyridine rings is 1. The highest BCUT2D eigenvalue weighted by Gasteiger charge is 2.24. The SMILES string of the molecule is COC(=O)C(NC(C)c1ccncc1)C(C)C. The third kappa shape index (κ3) is 3.82. The van der Waals surface area contributed by atoms with E-state index in [9.17, 15) is 4.79 Å². The van der Waals surface area contributed by atoms with E-state index in [0.717, 1.165) is 5.56 Å². The second kappa shape index (κ2) is 6.35. The second-order valence-electron chi connectivity index (χ2n) is 4.41. The molecule has 17 heavy (non-hydrogen) atoms. The summed E-state index contributed by atoms with van der Waals surface area (Å²) < 4.78 is 4.80. The van der Waals surface area contributed by atoms with Crippen molar-refractivity contribution in [1.29, 1.82) is 0 Å². The molecule has 0 fully saturated rings. The zero-order valence-corrected chi connectivity index (χ0v) is 10.8. The van der Waals surface area contributed by atoms with E-state index in [1.54, 1.807) is 12.4 Å². The van der Waals surface area contributed by atoms with Crippen molar-refractivity contribution in [2.24, 2.45) is 5.92 Å². The molecule has 2 unspecified atom stereocenters. The van der Waals surface area contributed by atoms with Gasteiger partial charge in [0.15, 0.2) is 0 Å². The van der Waals surface area contributed by atoms with E-state index in [-0.39, 0.29) is 24.0 Å². The van der Waals surface area contributed by atoms with Gasteiger partial charge in [0.05, 0.1) is 7.11 Å². The maximum Gasteiger partial charge on any atom is 0.323 e. The monoisotopic (exact) mass is 236 g/mol. The third-order valence-corrected chi connectivity index (χ3v) is 2.76. The molecule has 1 aromatic heterocycles. The van der Waals surface area contributed by atoms with Crippen molar-refractivity contribution < 1.29 is 9.53 Å². The summed E-state index contributed by atoms with van der Waals surface area (Å²) in [5.41, 5.74) is 1.11. The largest absolute Gasteiger partial charge is 0.468 e. The van der Waals surface area contributed by atoms with Crippen LogP contribution in [0.3, 0.4) is 0 Å². The smallest absolute Gasteiger partial charge is 0.323 e. The van der Waals surface area contributed by atoms with Gasteiger partial charge in [-0.05, 0) is 30.5 Å². The zero-order valence-electron chi connectivity index (χ0n) is 10.8. The van der Waals surface area contributed by atoms with Crippen LogP contribution < -0.4 is 5.32 Å². The molecule has 0 amide bonds. The van der Waals surface area contributed by atoms with Crippen molar-refractivity contribution in [2.75, 3.05) is 7.11 Å². The molecule has 1 heterocycles. The lowest BCUT2D eigenvalue weighted by Crippen LogP contribution is -2.42. The molecule has 0 saturated heterocycles. The van der Waals surface area contributed by atoms with E-state index in [1.165, 1.54) is 7.11 Å². The van der Waals surface area contributed by atoms with Crippen molar-refractivity contribution in [3.63, 3.8) is 0 Å². The molecule has 0 aliphatic heterocycles. The molecule has 94 valence electrons. The Labute approximate surface area is 102 Å². The van der Waals surface area contributed by atoms with Crippen LogP contribution in [0.1, 0.15) is 32.4 Å². The van der Waals surface area contributed by atoms with Crippen molar-refractivity contribution >= 4 is 5.97 Å². The average molecular weight is 236 g/mol. The number of rotatable bonds is 5. The van der Waals surface area contributed by atoms with Gasteiger partial charge in [0.2, 0.25) is 0 Å². The third-order valence-electron chi connectivity index (χ3n) is 2.76. The van der Waals surface area contributed by atoms with Gasteiger partial charge in [-0.2, -0.15) is 0 Å². The number of hydrogen-bond acceptors (Lipinski definition) is 4. The maximum absolute atomic E-state index is 11.6. The fourth-order valence-corrected chi connectivity index (χ4v) is 1.68. The number of carbonyl (C=O) groups excluding carboxylic acids is 1. The van der Waals surface area contributed by atoms with Gasteiger partial charge >= 0.3 is 5.97 Å². The molecule has 1 aromatic rings. The normalized spacial score (nSPS) is 14.4. The highest BCUT2D eigenvalue weighted by molar-refractivity contribution is 5.76. The van der Waals surface area contributed by atoms with E-state index in [4.69, 9.17) is 4.74 Å². The summed E-state index contributed by atoms with van der Waals surface area (Å²) in [6, 6.07) is 3.67. The molecule has 0 radical (unpaired) electrons. The van der Waals surface area contributed by atoms with Gasteiger partial charge in [-0.25, -0.2) is 0 Å². The van der Waals surface area contributed by atoms with E-state index in [1.807, 2.05) is 32.9 Å². The molecule has 1 rings (SSSR count).